The average molecular weight is 381 g/mol. The average Bonchev–Trinajstić information content (AvgIpc) is 3.27. The topological polar surface area (TPSA) is 86.3 Å². The first-order valence-electron chi connectivity index (χ1n) is 9.33. The van der Waals surface area contributed by atoms with E-state index in [4.69, 9.17) is 9.15 Å². The van der Waals surface area contributed by atoms with E-state index in [1.165, 1.54) is 0 Å². The Morgan fingerprint density at radius 3 is 2.43 bits per heavy atom. The number of ether oxygens (including phenoxy) is 1. The second-order valence-corrected chi connectivity index (χ2v) is 7.09. The van der Waals surface area contributed by atoms with Crippen molar-refractivity contribution in [1.82, 2.24) is 24.6 Å². The largest absolute Gasteiger partial charge is 0.466 e. The van der Waals surface area contributed by atoms with Crippen molar-refractivity contribution in [2.75, 3.05) is 13.1 Å². The highest BCUT2D eigenvalue weighted by molar-refractivity contribution is 5.95. The smallest absolute Gasteiger partial charge is 0.316 e. The molecule has 0 radical (unpaired) electrons. The number of aromatic nitrogens is 4. The van der Waals surface area contributed by atoms with Crippen LogP contribution in [0.25, 0.3) is 11.1 Å². The number of carbonyl (C=O) groups is 1. The Balaban J connectivity index is 1.33. The van der Waals surface area contributed by atoms with Crippen molar-refractivity contribution in [3.63, 3.8) is 0 Å². The van der Waals surface area contributed by atoms with Gasteiger partial charge in [-0.25, -0.2) is 9.97 Å². The van der Waals surface area contributed by atoms with Crippen LogP contribution in [0.2, 0.25) is 0 Å². The molecule has 0 unspecified atom stereocenters. The molecule has 8 heteroatoms. The number of nitrogens with zero attached hydrogens (tertiary/aromatic N) is 5. The number of furan rings is 1. The normalized spacial score (nSPS) is 15.0. The molecule has 0 N–H and O–H groups in total. The van der Waals surface area contributed by atoms with Gasteiger partial charge >= 0.3 is 6.01 Å². The Hall–Kier alpha value is -3.16. The van der Waals surface area contributed by atoms with Crippen LogP contribution in [0.15, 0.2) is 35.3 Å². The number of aryl methyl sites for hydroxylation is 3. The predicted octanol–water partition coefficient (Wildman–Crippen LogP) is 2.77. The molecule has 3 aromatic heterocycles. The summed E-state index contributed by atoms with van der Waals surface area (Å²) in [6.07, 6.45) is 8.65. The number of likely N-dealkylation sites (tertiary alicyclic amines) is 1. The Morgan fingerprint density at radius 2 is 1.86 bits per heavy atom. The molecule has 0 aliphatic carbocycles. The van der Waals surface area contributed by atoms with E-state index in [9.17, 15) is 4.79 Å². The maximum atomic E-state index is 12.7. The second-order valence-electron chi connectivity index (χ2n) is 7.09. The molecule has 146 valence electrons. The first kappa shape index (κ1) is 18.2. The zero-order valence-corrected chi connectivity index (χ0v) is 16.3. The Morgan fingerprint density at radius 1 is 1.14 bits per heavy atom. The highest BCUT2D eigenvalue weighted by atomic mass is 16.5. The fourth-order valence-electron chi connectivity index (χ4n) is 3.44. The molecule has 0 atom stereocenters. The first-order valence-corrected chi connectivity index (χ1v) is 9.33. The molecule has 1 fully saturated rings. The van der Waals surface area contributed by atoms with Gasteiger partial charge in [-0.3, -0.25) is 9.48 Å². The number of hydrogen-bond donors (Lipinski definition) is 0. The third kappa shape index (κ3) is 3.76. The lowest BCUT2D eigenvalue weighted by molar-refractivity contribution is 0.0577. The SMILES string of the molecule is Cc1cc(C(=O)N2CCC(Oc3ncc(-c4cnn(C)c4)cn3)CC2)c(C)o1. The summed E-state index contributed by atoms with van der Waals surface area (Å²) in [7, 11) is 1.87. The van der Waals surface area contributed by atoms with Crippen molar-refractivity contribution in [3.05, 3.63) is 47.9 Å². The van der Waals surface area contributed by atoms with Crippen LogP contribution in [0.4, 0.5) is 0 Å². The fourth-order valence-corrected chi connectivity index (χ4v) is 3.44. The van der Waals surface area contributed by atoms with Crippen LogP contribution in [0.1, 0.15) is 34.7 Å². The molecular formula is C20H23N5O3. The summed E-state index contributed by atoms with van der Waals surface area (Å²) in [6, 6.07) is 2.16. The standard InChI is InChI=1S/C20H23N5O3/c1-13-8-18(14(2)27-13)19(26)25-6-4-17(5-7-25)28-20-21-9-15(10-22-20)16-11-23-24(3)12-16/h8-12,17H,4-7H2,1-3H3. The molecule has 1 aliphatic rings. The van der Waals surface area contributed by atoms with Gasteiger partial charge in [0.1, 0.15) is 17.6 Å². The maximum Gasteiger partial charge on any atom is 0.316 e. The quantitative estimate of drug-likeness (QED) is 0.691. The van der Waals surface area contributed by atoms with Gasteiger partial charge in [0, 0.05) is 62.7 Å². The summed E-state index contributed by atoms with van der Waals surface area (Å²) >= 11 is 0. The summed E-state index contributed by atoms with van der Waals surface area (Å²) in [5.74, 6) is 1.44. The summed E-state index contributed by atoms with van der Waals surface area (Å²) < 4.78 is 13.1. The van der Waals surface area contributed by atoms with Crippen LogP contribution in [0.3, 0.4) is 0 Å². The Bertz CT molecular complexity index is 968. The van der Waals surface area contributed by atoms with Gasteiger partial charge in [-0.15, -0.1) is 0 Å². The monoisotopic (exact) mass is 381 g/mol. The van der Waals surface area contributed by atoms with Gasteiger partial charge in [0.2, 0.25) is 0 Å². The minimum atomic E-state index is 0.000440. The predicted molar refractivity (Wildman–Crippen MR) is 102 cm³/mol. The minimum Gasteiger partial charge on any atom is -0.466 e. The highest BCUT2D eigenvalue weighted by Gasteiger charge is 2.27. The second kappa shape index (κ2) is 7.46. The van der Waals surface area contributed by atoms with E-state index < -0.39 is 0 Å². The van der Waals surface area contributed by atoms with Crippen LogP contribution in [-0.2, 0) is 7.05 Å². The van der Waals surface area contributed by atoms with Crippen LogP contribution in [0, 0.1) is 13.8 Å². The van der Waals surface area contributed by atoms with Crippen molar-refractivity contribution in [1.29, 1.82) is 0 Å². The van der Waals surface area contributed by atoms with Crippen LogP contribution < -0.4 is 4.74 Å². The van der Waals surface area contributed by atoms with E-state index in [0.29, 0.717) is 30.4 Å². The fraction of sp³-hybridized carbons (Fsp3) is 0.400. The number of hydrogen-bond acceptors (Lipinski definition) is 6. The number of amides is 1. The Labute approximate surface area is 163 Å². The molecule has 28 heavy (non-hydrogen) atoms. The lowest BCUT2D eigenvalue weighted by atomic mass is 10.1. The zero-order chi connectivity index (χ0) is 19.7. The van der Waals surface area contributed by atoms with Crippen molar-refractivity contribution in [3.8, 4) is 17.1 Å². The lowest BCUT2D eigenvalue weighted by Crippen LogP contribution is -2.42. The van der Waals surface area contributed by atoms with Crippen molar-refractivity contribution in [2.24, 2.45) is 7.05 Å². The van der Waals surface area contributed by atoms with Crippen molar-refractivity contribution in [2.45, 2.75) is 32.8 Å². The van der Waals surface area contributed by atoms with E-state index >= 15 is 0 Å². The van der Waals surface area contributed by atoms with E-state index in [2.05, 4.69) is 15.1 Å². The summed E-state index contributed by atoms with van der Waals surface area (Å²) in [6.45, 7) is 4.95. The number of piperidine rings is 1. The lowest BCUT2D eigenvalue weighted by Gasteiger charge is -2.31. The summed E-state index contributed by atoms with van der Waals surface area (Å²) in [5.41, 5.74) is 2.50. The van der Waals surface area contributed by atoms with Gasteiger partial charge in [0.25, 0.3) is 5.91 Å². The Kier molecular flexibility index (Phi) is 4.85. The van der Waals surface area contributed by atoms with Gasteiger partial charge in [-0.05, 0) is 19.9 Å². The summed E-state index contributed by atoms with van der Waals surface area (Å²) in [5, 5.41) is 4.15. The minimum absolute atomic E-state index is 0.000440. The van der Waals surface area contributed by atoms with Crippen molar-refractivity contribution < 1.29 is 13.9 Å². The van der Waals surface area contributed by atoms with Crippen LogP contribution >= 0.6 is 0 Å². The van der Waals surface area contributed by atoms with Gasteiger partial charge in [-0.2, -0.15) is 5.10 Å². The van der Waals surface area contributed by atoms with E-state index in [-0.39, 0.29) is 12.0 Å². The third-order valence-corrected chi connectivity index (χ3v) is 4.94. The molecule has 4 rings (SSSR count). The highest BCUT2D eigenvalue weighted by Crippen LogP contribution is 2.22. The molecule has 0 saturated carbocycles. The van der Waals surface area contributed by atoms with E-state index in [0.717, 1.165) is 29.7 Å². The molecule has 0 aromatic carbocycles. The first-order chi connectivity index (χ1) is 13.5. The molecule has 0 spiro atoms. The molecule has 3 aromatic rings. The molecular weight excluding hydrogens is 358 g/mol. The zero-order valence-electron chi connectivity index (χ0n) is 16.3. The van der Waals surface area contributed by atoms with Crippen LogP contribution in [-0.4, -0.2) is 49.7 Å². The number of carbonyl (C=O) groups excluding carboxylic acids is 1. The molecule has 8 nitrogen and oxygen atoms in total. The molecule has 0 bridgehead atoms. The third-order valence-electron chi connectivity index (χ3n) is 4.94. The molecule has 4 heterocycles. The molecule has 1 amide bonds. The van der Waals surface area contributed by atoms with Gasteiger partial charge < -0.3 is 14.1 Å². The molecule has 1 saturated heterocycles. The van der Waals surface area contributed by atoms with Gasteiger partial charge in [-0.1, -0.05) is 0 Å². The molecule has 1 aliphatic heterocycles. The van der Waals surface area contributed by atoms with Crippen LogP contribution in [0.5, 0.6) is 6.01 Å². The van der Waals surface area contributed by atoms with E-state index in [1.807, 2.05) is 32.0 Å². The van der Waals surface area contributed by atoms with E-state index in [1.54, 1.807) is 29.3 Å². The van der Waals surface area contributed by atoms with Crippen molar-refractivity contribution >= 4 is 5.91 Å². The summed E-state index contributed by atoms with van der Waals surface area (Å²) in [4.78, 5) is 23.1. The number of rotatable bonds is 4. The maximum absolute atomic E-state index is 12.7. The van der Waals surface area contributed by atoms with Gasteiger partial charge in [0.05, 0.1) is 11.8 Å². The van der Waals surface area contributed by atoms with Gasteiger partial charge in [0.15, 0.2) is 0 Å².